The predicted octanol–water partition coefficient (Wildman–Crippen LogP) is 5.49. The first-order valence-electron chi connectivity index (χ1n) is 8.90. The van der Waals surface area contributed by atoms with E-state index in [9.17, 15) is 26.3 Å². The fourth-order valence-electron chi connectivity index (χ4n) is 3.13. The molecule has 0 radical (unpaired) electrons. The lowest BCUT2D eigenvalue weighted by Crippen LogP contribution is -2.43. The Morgan fingerprint density at radius 2 is 1.55 bits per heavy atom. The summed E-state index contributed by atoms with van der Waals surface area (Å²) in [6.07, 6.45) is -11.8. The van der Waals surface area contributed by atoms with Crippen LogP contribution in [0.2, 0.25) is 0 Å². The van der Waals surface area contributed by atoms with Gasteiger partial charge >= 0.3 is 12.4 Å². The number of hydrogen-bond donors (Lipinski definition) is 1. The summed E-state index contributed by atoms with van der Waals surface area (Å²) in [4.78, 5) is 0. The van der Waals surface area contributed by atoms with Crippen LogP contribution < -0.4 is 5.32 Å². The van der Waals surface area contributed by atoms with Crippen LogP contribution in [0.5, 0.6) is 0 Å². The minimum Gasteiger partial charge on any atom is -0.349 e. The maximum atomic E-state index is 13.1. The summed E-state index contributed by atoms with van der Waals surface area (Å²) >= 11 is 0. The normalized spacial score (nSPS) is 21.8. The van der Waals surface area contributed by atoms with Gasteiger partial charge in [0.1, 0.15) is 0 Å². The van der Waals surface area contributed by atoms with Gasteiger partial charge in [0.25, 0.3) is 0 Å². The molecule has 29 heavy (non-hydrogen) atoms. The first kappa shape index (κ1) is 21.6. The first-order chi connectivity index (χ1) is 13.6. The molecule has 1 saturated heterocycles. The van der Waals surface area contributed by atoms with Crippen molar-refractivity contribution in [3.05, 3.63) is 70.8 Å². The van der Waals surface area contributed by atoms with Gasteiger partial charge in [0.15, 0.2) is 6.29 Å². The van der Waals surface area contributed by atoms with Crippen LogP contribution in [0.3, 0.4) is 0 Å². The molecule has 2 aromatic carbocycles. The van der Waals surface area contributed by atoms with Crippen LogP contribution in [-0.4, -0.2) is 19.4 Å². The van der Waals surface area contributed by atoms with E-state index < -0.39 is 41.9 Å². The van der Waals surface area contributed by atoms with Gasteiger partial charge < -0.3 is 14.8 Å². The summed E-state index contributed by atoms with van der Waals surface area (Å²) < 4.78 is 90.0. The Morgan fingerprint density at radius 1 is 0.966 bits per heavy atom. The molecule has 0 amide bonds. The molecule has 3 rings (SSSR count). The van der Waals surface area contributed by atoms with Gasteiger partial charge in [-0.05, 0) is 36.2 Å². The van der Waals surface area contributed by atoms with Gasteiger partial charge in [-0.15, -0.1) is 0 Å². The highest BCUT2D eigenvalue weighted by Crippen LogP contribution is 2.38. The molecule has 3 unspecified atom stereocenters. The second-order valence-electron chi connectivity index (χ2n) is 6.70. The minimum atomic E-state index is -4.91. The largest absolute Gasteiger partial charge is 0.416 e. The molecular weight excluding hydrogens is 400 g/mol. The molecule has 1 fully saturated rings. The Balaban J connectivity index is 1.88. The van der Waals surface area contributed by atoms with E-state index in [-0.39, 0.29) is 11.6 Å². The third kappa shape index (κ3) is 5.29. The lowest BCUT2D eigenvalue weighted by molar-refractivity contribution is -0.200. The predicted molar refractivity (Wildman–Crippen MR) is 92.9 cm³/mol. The summed E-state index contributed by atoms with van der Waals surface area (Å²) in [5.41, 5.74) is -2.14. The number of halogens is 6. The van der Waals surface area contributed by atoms with Crippen molar-refractivity contribution in [2.75, 3.05) is 13.2 Å². The number of ether oxygens (including phenoxy) is 2. The smallest absolute Gasteiger partial charge is 0.349 e. The van der Waals surface area contributed by atoms with Crippen LogP contribution in [0, 0.1) is 0 Å². The van der Waals surface area contributed by atoms with E-state index in [1.54, 1.807) is 0 Å². The number of alkyl halides is 6. The zero-order chi connectivity index (χ0) is 21.2. The van der Waals surface area contributed by atoms with Crippen molar-refractivity contribution in [1.29, 1.82) is 0 Å². The molecular formula is C20H19F6NO2. The van der Waals surface area contributed by atoms with Crippen LogP contribution in [0.15, 0.2) is 48.5 Å². The quantitative estimate of drug-likeness (QED) is 0.665. The summed E-state index contributed by atoms with van der Waals surface area (Å²) in [6.45, 7) is 2.24. The molecule has 2 aromatic rings. The molecule has 1 heterocycles. The molecule has 158 valence electrons. The van der Waals surface area contributed by atoms with E-state index in [1.807, 2.05) is 30.3 Å². The zero-order valence-electron chi connectivity index (χ0n) is 15.3. The molecule has 0 spiro atoms. The molecule has 9 heteroatoms. The highest BCUT2D eigenvalue weighted by molar-refractivity contribution is 5.34. The summed E-state index contributed by atoms with van der Waals surface area (Å²) in [6, 6.07) is 10.2. The van der Waals surface area contributed by atoms with Gasteiger partial charge in [-0.1, -0.05) is 30.3 Å². The molecule has 1 aliphatic rings. The highest BCUT2D eigenvalue weighted by atomic mass is 19.4. The molecule has 1 N–H and O–H groups in total. The average molecular weight is 419 g/mol. The summed E-state index contributed by atoms with van der Waals surface area (Å²) in [5.74, 6) is 0. The van der Waals surface area contributed by atoms with E-state index in [2.05, 4.69) is 5.32 Å². The van der Waals surface area contributed by atoms with Gasteiger partial charge in [0, 0.05) is 6.54 Å². The number of morpholine rings is 1. The first-order valence-corrected chi connectivity index (χ1v) is 8.90. The Bertz CT molecular complexity index is 790. The molecule has 3 nitrogen and oxygen atoms in total. The van der Waals surface area contributed by atoms with E-state index in [0.717, 1.165) is 5.56 Å². The third-order valence-electron chi connectivity index (χ3n) is 4.60. The highest BCUT2D eigenvalue weighted by Gasteiger charge is 2.38. The number of rotatable bonds is 4. The van der Waals surface area contributed by atoms with Crippen molar-refractivity contribution < 1.29 is 35.8 Å². The van der Waals surface area contributed by atoms with Crippen molar-refractivity contribution >= 4 is 0 Å². The van der Waals surface area contributed by atoms with Crippen LogP contribution in [-0.2, 0) is 21.8 Å². The SMILES string of the molecule is CC(OC1OCCNC1c1ccccc1)c1cc(C(F)(F)F)cc(C(F)(F)F)c1. The Kier molecular flexibility index (Phi) is 6.21. The molecule has 0 saturated carbocycles. The fourth-order valence-corrected chi connectivity index (χ4v) is 3.13. The fraction of sp³-hybridized carbons (Fsp3) is 0.400. The number of benzene rings is 2. The molecule has 0 bridgehead atoms. The second-order valence-corrected chi connectivity index (χ2v) is 6.70. The number of nitrogens with one attached hydrogen (secondary N) is 1. The standard InChI is InChI=1S/C20H19F6NO2/c1-12(14-9-15(19(21,22)23)11-16(10-14)20(24,25)26)29-18-17(27-7-8-28-18)13-5-3-2-4-6-13/h2-6,9-12,17-18,27H,7-8H2,1H3. The van der Waals surface area contributed by atoms with Gasteiger partial charge in [-0.25, -0.2) is 0 Å². The van der Waals surface area contributed by atoms with Crippen molar-refractivity contribution in [3.8, 4) is 0 Å². The van der Waals surface area contributed by atoms with Crippen LogP contribution in [0.1, 0.15) is 41.3 Å². The van der Waals surface area contributed by atoms with E-state index in [1.165, 1.54) is 6.92 Å². The zero-order valence-corrected chi connectivity index (χ0v) is 15.3. The minimum absolute atomic E-state index is 0.0989. The topological polar surface area (TPSA) is 30.5 Å². The van der Waals surface area contributed by atoms with E-state index in [4.69, 9.17) is 9.47 Å². The van der Waals surface area contributed by atoms with Crippen LogP contribution >= 0.6 is 0 Å². The maximum Gasteiger partial charge on any atom is 0.416 e. The van der Waals surface area contributed by atoms with Gasteiger partial charge in [0.05, 0.1) is 29.9 Å². The van der Waals surface area contributed by atoms with Crippen molar-refractivity contribution in [1.82, 2.24) is 5.32 Å². The lowest BCUT2D eigenvalue weighted by atomic mass is 10.0. The molecule has 1 aliphatic heterocycles. The maximum absolute atomic E-state index is 13.1. The molecule has 3 atom stereocenters. The third-order valence-corrected chi connectivity index (χ3v) is 4.60. The second kappa shape index (κ2) is 8.33. The van der Waals surface area contributed by atoms with Crippen LogP contribution in [0.4, 0.5) is 26.3 Å². The van der Waals surface area contributed by atoms with E-state index in [0.29, 0.717) is 25.3 Å². The Labute approximate surface area is 163 Å². The van der Waals surface area contributed by atoms with Crippen molar-refractivity contribution in [2.45, 2.75) is 37.7 Å². The lowest BCUT2D eigenvalue weighted by Gasteiger charge is -2.34. The monoisotopic (exact) mass is 419 g/mol. The van der Waals surface area contributed by atoms with Crippen LogP contribution in [0.25, 0.3) is 0 Å². The van der Waals surface area contributed by atoms with Crippen molar-refractivity contribution in [2.24, 2.45) is 0 Å². The molecule has 0 aromatic heterocycles. The number of hydrogen-bond acceptors (Lipinski definition) is 3. The average Bonchev–Trinajstić information content (AvgIpc) is 2.67. The van der Waals surface area contributed by atoms with Gasteiger partial charge in [-0.2, -0.15) is 26.3 Å². The Morgan fingerprint density at radius 3 is 2.10 bits per heavy atom. The molecule has 0 aliphatic carbocycles. The van der Waals surface area contributed by atoms with Gasteiger partial charge in [-0.3, -0.25) is 0 Å². The van der Waals surface area contributed by atoms with Gasteiger partial charge in [0.2, 0.25) is 0 Å². The summed E-state index contributed by atoms with van der Waals surface area (Å²) in [7, 11) is 0. The Hall–Kier alpha value is -2.10. The van der Waals surface area contributed by atoms with E-state index >= 15 is 0 Å². The summed E-state index contributed by atoms with van der Waals surface area (Å²) in [5, 5.41) is 3.20. The van der Waals surface area contributed by atoms with Crippen molar-refractivity contribution in [3.63, 3.8) is 0 Å².